The van der Waals surface area contributed by atoms with Gasteiger partial charge in [0, 0.05) is 12.5 Å². The fraction of sp³-hybridized carbons (Fsp3) is 0.158. The Morgan fingerprint density at radius 3 is 2.58 bits per heavy atom. The monoisotopic (exact) mass is 323 g/mol. The number of fused-ring (bicyclic) bond motifs is 1. The first-order chi connectivity index (χ1) is 11.7. The molecule has 122 valence electrons. The zero-order valence-corrected chi connectivity index (χ0v) is 13.3. The summed E-state index contributed by atoms with van der Waals surface area (Å²) in [4.78, 5) is 10.5. The van der Waals surface area contributed by atoms with Crippen LogP contribution in [-0.4, -0.2) is 18.6 Å². The number of hydrogen-bond donors (Lipinski definition) is 0. The molecular formula is C19H17NO4. The van der Waals surface area contributed by atoms with E-state index in [1.54, 1.807) is 6.07 Å². The van der Waals surface area contributed by atoms with E-state index < -0.39 is 4.92 Å². The minimum absolute atomic E-state index is 0.0176. The molecule has 0 N–H and O–H groups in total. The average Bonchev–Trinajstić information content (AvgIpc) is 2.61. The molecule has 0 aliphatic carbocycles. The lowest BCUT2D eigenvalue weighted by Crippen LogP contribution is -2.03. The minimum Gasteiger partial charge on any atom is -0.493 e. The Labute approximate surface area is 139 Å². The van der Waals surface area contributed by atoms with Gasteiger partial charge in [-0.25, -0.2) is 0 Å². The van der Waals surface area contributed by atoms with E-state index in [1.807, 2.05) is 18.2 Å². The van der Waals surface area contributed by atoms with Crippen LogP contribution in [0.4, 0.5) is 5.69 Å². The fourth-order valence-corrected chi connectivity index (χ4v) is 2.67. The molecule has 0 aromatic heterocycles. The third kappa shape index (κ3) is 3.30. The van der Waals surface area contributed by atoms with Gasteiger partial charge in [0.15, 0.2) is 11.5 Å². The van der Waals surface area contributed by atoms with Crippen LogP contribution in [0, 0.1) is 10.1 Å². The molecular weight excluding hydrogens is 306 g/mol. The number of non-ortho nitro benzene ring substituents is 1. The van der Waals surface area contributed by atoms with Gasteiger partial charge >= 0.3 is 0 Å². The van der Waals surface area contributed by atoms with Gasteiger partial charge in [-0.2, -0.15) is 0 Å². The van der Waals surface area contributed by atoms with Crippen LogP contribution in [-0.2, 0) is 6.42 Å². The molecule has 0 radical (unpaired) electrons. The molecule has 0 heterocycles. The molecule has 3 rings (SSSR count). The zero-order valence-electron chi connectivity index (χ0n) is 13.3. The van der Waals surface area contributed by atoms with E-state index in [0.29, 0.717) is 24.5 Å². The van der Waals surface area contributed by atoms with Crippen LogP contribution in [0.3, 0.4) is 0 Å². The van der Waals surface area contributed by atoms with Gasteiger partial charge in [-0.05, 0) is 22.4 Å². The maximum absolute atomic E-state index is 10.9. The summed E-state index contributed by atoms with van der Waals surface area (Å²) in [6.07, 6.45) is 0.702. The van der Waals surface area contributed by atoms with Crippen molar-refractivity contribution in [1.82, 2.24) is 0 Å². The Bertz CT molecular complexity index is 871. The Hall–Kier alpha value is -3.08. The van der Waals surface area contributed by atoms with Crippen molar-refractivity contribution in [2.24, 2.45) is 0 Å². The van der Waals surface area contributed by atoms with Gasteiger partial charge < -0.3 is 9.47 Å². The van der Waals surface area contributed by atoms with Crippen molar-refractivity contribution >= 4 is 16.5 Å². The second-order valence-electron chi connectivity index (χ2n) is 5.33. The smallest absolute Gasteiger partial charge is 0.273 e. The van der Waals surface area contributed by atoms with Crippen LogP contribution in [0.15, 0.2) is 60.7 Å². The van der Waals surface area contributed by atoms with Gasteiger partial charge in [-0.1, -0.05) is 42.5 Å². The standard InChI is InChI=1S/C19H17NO4/c1-23-18-10-9-16(20(21)22)13-19(18)24-12-11-15-7-4-6-14-5-2-3-8-17(14)15/h2-10,13H,11-12H2,1H3. The lowest BCUT2D eigenvalue weighted by atomic mass is 10.0. The van der Waals surface area contributed by atoms with Crippen LogP contribution in [0.5, 0.6) is 11.5 Å². The molecule has 0 amide bonds. The highest BCUT2D eigenvalue weighted by Gasteiger charge is 2.12. The average molecular weight is 323 g/mol. The van der Waals surface area contributed by atoms with E-state index in [-0.39, 0.29) is 5.69 Å². The number of benzene rings is 3. The molecule has 0 bridgehead atoms. The summed E-state index contributed by atoms with van der Waals surface area (Å²) in [5, 5.41) is 13.3. The number of ether oxygens (including phenoxy) is 2. The van der Waals surface area contributed by atoms with Gasteiger partial charge in [0.2, 0.25) is 0 Å². The molecule has 0 fully saturated rings. The molecule has 0 spiro atoms. The summed E-state index contributed by atoms with van der Waals surface area (Å²) in [6.45, 7) is 0.408. The highest BCUT2D eigenvalue weighted by Crippen LogP contribution is 2.31. The van der Waals surface area contributed by atoms with Gasteiger partial charge in [-0.15, -0.1) is 0 Å². The van der Waals surface area contributed by atoms with Crippen LogP contribution in [0.25, 0.3) is 10.8 Å². The van der Waals surface area contributed by atoms with E-state index in [1.165, 1.54) is 35.6 Å². The lowest BCUT2D eigenvalue weighted by molar-refractivity contribution is -0.385. The third-order valence-electron chi connectivity index (χ3n) is 3.87. The molecule has 24 heavy (non-hydrogen) atoms. The summed E-state index contributed by atoms with van der Waals surface area (Å²) in [5.41, 5.74) is 1.16. The molecule has 5 heteroatoms. The zero-order chi connectivity index (χ0) is 16.9. The van der Waals surface area contributed by atoms with Crippen molar-refractivity contribution in [2.75, 3.05) is 13.7 Å². The SMILES string of the molecule is COc1ccc([N+](=O)[O-])cc1OCCc1cccc2ccccc12. The third-order valence-corrected chi connectivity index (χ3v) is 3.87. The molecule has 0 saturated heterocycles. The molecule has 3 aromatic rings. The number of nitro groups is 1. The quantitative estimate of drug-likeness (QED) is 0.499. The van der Waals surface area contributed by atoms with Gasteiger partial charge in [-0.3, -0.25) is 10.1 Å². The van der Waals surface area contributed by atoms with Crippen molar-refractivity contribution in [3.05, 3.63) is 76.3 Å². The summed E-state index contributed by atoms with van der Waals surface area (Å²) in [7, 11) is 1.51. The summed E-state index contributed by atoms with van der Waals surface area (Å²) < 4.78 is 10.9. The number of methoxy groups -OCH3 is 1. The normalized spacial score (nSPS) is 10.5. The Morgan fingerprint density at radius 1 is 1.00 bits per heavy atom. The molecule has 0 unspecified atom stereocenters. The molecule has 0 aliphatic heterocycles. The second-order valence-corrected chi connectivity index (χ2v) is 5.33. The highest BCUT2D eigenvalue weighted by molar-refractivity contribution is 5.85. The predicted octanol–water partition coefficient (Wildman–Crippen LogP) is 4.38. The number of nitrogens with zero attached hydrogens (tertiary/aromatic N) is 1. The van der Waals surface area contributed by atoms with Crippen molar-refractivity contribution < 1.29 is 14.4 Å². The fourth-order valence-electron chi connectivity index (χ4n) is 2.67. The summed E-state index contributed by atoms with van der Waals surface area (Å²) in [5.74, 6) is 0.866. The van der Waals surface area contributed by atoms with Crippen LogP contribution in [0.2, 0.25) is 0 Å². The first-order valence-electron chi connectivity index (χ1n) is 7.61. The maximum Gasteiger partial charge on any atom is 0.273 e. The summed E-state index contributed by atoms with van der Waals surface area (Å²) >= 11 is 0. The van der Waals surface area contributed by atoms with Crippen molar-refractivity contribution in [3.63, 3.8) is 0 Å². The number of rotatable bonds is 6. The van der Waals surface area contributed by atoms with E-state index >= 15 is 0 Å². The molecule has 0 aliphatic rings. The van der Waals surface area contributed by atoms with Crippen LogP contribution >= 0.6 is 0 Å². The number of hydrogen-bond acceptors (Lipinski definition) is 4. The van der Waals surface area contributed by atoms with Crippen LogP contribution in [0.1, 0.15) is 5.56 Å². The molecule has 0 saturated carbocycles. The predicted molar refractivity (Wildman–Crippen MR) is 92.8 cm³/mol. The first kappa shape index (κ1) is 15.8. The van der Waals surface area contributed by atoms with Crippen molar-refractivity contribution in [2.45, 2.75) is 6.42 Å². The Kier molecular flexibility index (Phi) is 4.61. The number of nitro benzene ring substituents is 1. The van der Waals surface area contributed by atoms with Gasteiger partial charge in [0.05, 0.1) is 24.7 Å². The Balaban J connectivity index is 1.76. The van der Waals surface area contributed by atoms with E-state index in [9.17, 15) is 10.1 Å². The second kappa shape index (κ2) is 7.00. The Morgan fingerprint density at radius 2 is 1.79 bits per heavy atom. The summed E-state index contributed by atoms with van der Waals surface area (Å²) in [6, 6.07) is 18.7. The molecule has 5 nitrogen and oxygen atoms in total. The molecule has 3 aromatic carbocycles. The van der Waals surface area contributed by atoms with Crippen molar-refractivity contribution in [1.29, 1.82) is 0 Å². The lowest BCUT2D eigenvalue weighted by Gasteiger charge is -2.11. The van der Waals surface area contributed by atoms with E-state index in [0.717, 1.165) is 0 Å². The molecule has 0 atom stereocenters. The van der Waals surface area contributed by atoms with E-state index in [2.05, 4.69) is 24.3 Å². The van der Waals surface area contributed by atoms with Gasteiger partial charge in [0.1, 0.15) is 0 Å². The largest absolute Gasteiger partial charge is 0.493 e. The first-order valence-corrected chi connectivity index (χ1v) is 7.61. The van der Waals surface area contributed by atoms with Crippen LogP contribution < -0.4 is 9.47 Å². The van der Waals surface area contributed by atoms with E-state index in [4.69, 9.17) is 9.47 Å². The maximum atomic E-state index is 10.9. The minimum atomic E-state index is -0.447. The highest BCUT2D eigenvalue weighted by atomic mass is 16.6. The van der Waals surface area contributed by atoms with Gasteiger partial charge in [0.25, 0.3) is 5.69 Å². The van der Waals surface area contributed by atoms with Crippen molar-refractivity contribution in [3.8, 4) is 11.5 Å². The topological polar surface area (TPSA) is 61.6 Å².